The van der Waals surface area contributed by atoms with E-state index in [1.807, 2.05) is 0 Å². The van der Waals surface area contributed by atoms with Gasteiger partial charge in [0, 0.05) is 19.6 Å². The second-order valence-corrected chi connectivity index (χ2v) is 8.03. The molecule has 0 aromatic heterocycles. The van der Waals surface area contributed by atoms with Crippen LogP contribution in [0, 0.1) is 5.92 Å². The van der Waals surface area contributed by atoms with Crippen LogP contribution in [-0.4, -0.2) is 55.4 Å². The molecule has 25 heavy (non-hydrogen) atoms. The normalized spacial score (nSPS) is 17.8. The third-order valence-electron chi connectivity index (χ3n) is 4.22. The number of carbonyl (C=O) groups is 2. The zero-order chi connectivity index (χ0) is 18.4. The van der Waals surface area contributed by atoms with Crippen molar-refractivity contribution in [3.05, 3.63) is 30.3 Å². The molecule has 8 nitrogen and oxygen atoms in total. The molecule has 0 spiro atoms. The Kier molecular flexibility index (Phi) is 6.51. The second-order valence-electron chi connectivity index (χ2n) is 6.09. The standard InChI is InChI=1S/C16H23N3O5S/c17-15(21)10-14(20)16(22)18-11-12-6-8-19(9-7-12)25(23,24)13-4-2-1-3-5-13/h1-5,12,14,20H,6-11H2,(H2,17,21)(H,18,22). The molecule has 0 bridgehead atoms. The van der Waals surface area contributed by atoms with E-state index in [0.717, 1.165) is 0 Å². The van der Waals surface area contributed by atoms with E-state index in [0.29, 0.717) is 32.5 Å². The lowest BCUT2D eigenvalue weighted by Crippen LogP contribution is -2.43. The molecule has 0 aliphatic carbocycles. The molecule has 2 amide bonds. The first-order valence-electron chi connectivity index (χ1n) is 8.10. The van der Waals surface area contributed by atoms with Gasteiger partial charge >= 0.3 is 0 Å². The zero-order valence-corrected chi connectivity index (χ0v) is 14.6. The fraction of sp³-hybridized carbons (Fsp3) is 0.500. The molecule has 0 saturated carbocycles. The molecule has 0 radical (unpaired) electrons. The number of primary amides is 1. The van der Waals surface area contributed by atoms with Crippen molar-refractivity contribution in [1.29, 1.82) is 0 Å². The molecule has 1 atom stereocenters. The highest BCUT2D eigenvalue weighted by Crippen LogP contribution is 2.23. The van der Waals surface area contributed by atoms with E-state index in [-0.39, 0.29) is 10.8 Å². The quantitative estimate of drug-likeness (QED) is 0.593. The lowest BCUT2D eigenvalue weighted by Gasteiger charge is -2.31. The predicted molar refractivity (Wildman–Crippen MR) is 90.8 cm³/mol. The number of hydrogen-bond donors (Lipinski definition) is 3. The summed E-state index contributed by atoms with van der Waals surface area (Å²) in [5, 5.41) is 12.1. The number of rotatable bonds is 7. The first-order valence-corrected chi connectivity index (χ1v) is 9.54. The van der Waals surface area contributed by atoms with Crippen molar-refractivity contribution in [2.75, 3.05) is 19.6 Å². The maximum absolute atomic E-state index is 12.5. The van der Waals surface area contributed by atoms with E-state index in [1.54, 1.807) is 30.3 Å². The van der Waals surface area contributed by atoms with Crippen LogP contribution >= 0.6 is 0 Å². The van der Waals surface area contributed by atoms with E-state index in [9.17, 15) is 23.1 Å². The Hall–Kier alpha value is -1.97. The summed E-state index contributed by atoms with van der Waals surface area (Å²) in [6.07, 6.45) is -0.646. The maximum atomic E-state index is 12.5. The van der Waals surface area contributed by atoms with Crippen molar-refractivity contribution in [2.24, 2.45) is 11.7 Å². The first-order chi connectivity index (χ1) is 11.8. The van der Waals surface area contributed by atoms with Crippen molar-refractivity contribution in [1.82, 2.24) is 9.62 Å². The molecular weight excluding hydrogens is 346 g/mol. The number of sulfonamides is 1. The number of hydrogen-bond acceptors (Lipinski definition) is 5. The number of benzene rings is 1. The molecule has 1 saturated heterocycles. The van der Waals surface area contributed by atoms with Crippen molar-refractivity contribution in [3.8, 4) is 0 Å². The molecule has 138 valence electrons. The topological polar surface area (TPSA) is 130 Å². The van der Waals surface area contributed by atoms with Gasteiger partial charge in [0.25, 0.3) is 0 Å². The Labute approximate surface area is 147 Å². The molecule has 1 aromatic carbocycles. The molecule has 9 heteroatoms. The molecule has 1 heterocycles. The van der Waals surface area contributed by atoms with Crippen molar-refractivity contribution >= 4 is 21.8 Å². The Morgan fingerprint density at radius 3 is 2.40 bits per heavy atom. The van der Waals surface area contributed by atoms with Gasteiger partial charge in [-0.05, 0) is 30.9 Å². The SMILES string of the molecule is NC(=O)CC(O)C(=O)NCC1CCN(S(=O)(=O)c2ccccc2)CC1. The molecule has 2 rings (SSSR count). The monoisotopic (exact) mass is 369 g/mol. The van der Waals surface area contributed by atoms with E-state index >= 15 is 0 Å². The van der Waals surface area contributed by atoms with Gasteiger partial charge in [-0.15, -0.1) is 0 Å². The predicted octanol–water partition coefficient (Wildman–Crippen LogP) is -0.560. The Balaban J connectivity index is 1.82. The number of piperidine rings is 1. The van der Waals surface area contributed by atoms with Crippen LogP contribution in [0.2, 0.25) is 0 Å². The Morgan fingerprint density at radius 2 is 1.84 bits per heavy atom. The number of carbonyl (C=O) groups excluding carboxylic acids is 2. The van der Waals surface area contributed by atoms with E-state index in [4.69, 9.17) is 5.73 Å². The number of aliphatic hydroxyl groups excluding tert-OH is 1. The summed E-state index contributed by atoms with van der Waals surface area (Å²) in [6.45, 7) is 1.08. The molecule has 1 unspecified atom stereocenters. The summed E-state index contributed by atoms with van der Waals surface area (Å²) in [7, 11) is -3.49. The van der Waals surface area contributed by atoms with Crippen LogP contribution in [0.3, 0.4) is 0 Å². The molecule has 1 aromatic rings. The van der Waals surface area contributed by atoms with Crippen molar-refractivity contribution in [3.63, 3.8) is 0 Å². The van der Waals surface area contributed by atoms with Crippen LogP contribution in [0.15, 0.2) is 35.2 Å². The fourth-order valence-electron chi connectivity index (χ4n) is 2.74. The molecular formula is C16H23N3O5S. The van der Waals surface area contributed by atoms with Crippen LogP contribution in [0.1, 0.15) is 19.3 Å². The lowest BCUT2D eigenvalue weighted by molar-refractivity contribution is -0.133. The number of nitrogens with two attached hydrogens (primary N) is 1. The summed E-state index contributed by atoms with van der Waals surface area (Å²) in [5.41, 5.74) is 4.93. The van der Waals surface area contributed by atoms with E-state index < -0.39 is 34.4 Å². The van der Waals surface area contributed by atoms with Gasteiger partial charge in [-0.25, -0.2) is 8.42 Å². The number of aliphatic hydroxyl groups is 1. The Morgan fingerprint density at radius 1 is 1.24 bits per heavy atom. The summed E-state index contributed by atoms with van der Waals surface area (Å²) < 4.78 is 26.5. The van der Waals surface area contributed by atoms with Gasteiger partial charge in [0.05, 0.1) is 11.3 Å². The van der Waals surface area contributed by atoms with E-state index in [1.165, 1.54) is 4.31 Å². The maximum Gasteiger partial charge on any atom is 0.249 e. The second kappa shape index (κ2) is 8.41. The van der Waals surface area contributed by atoms with Crippen molar-refractivity contribution in [2.45, 2.75) is 30.3 Å². The average Bonchev–Trinajstić information content (AvgIpc) is 2.60. The van der Waals surface area contributed by atoms with Gasteiger partial charge in [-0.2, -0.15) is 4.31 Å². The number of amides is 2. The molecule has 1 aliphatic rings. The molecule has 1 aliphatic heterocycles. The average molecular weight is 369 g/mol. The minimum absolute atomic E-state index is 0.118. The van der Waals surface area contributed by atoms with Gasteiger partial charge in [-0.3, -0.25) is 9.59 Å². The van der Waals surface area contributed by atoms with Gasteiger partial charge in [0.1, 0.15) is 6.10 Å². The third-order valence-corrected chi connectivity index (χ3v) is 6.13. The summed E-state index contributed by atoms with van der Waals surface area (Å²) in [4.78, 5) is 22.6. The number of nitrogens with zero attached hydrogens (tertiary/aromatic N) is 1. The van der Waals surface area contributed by atoms with Gasteiger partial charge in [0.15, 0.2) is 0 Å². The van der Waals surface area contributed by atoms with Crippen LogP contribution < -0.4 is 11.1 Å². The largest absolute Gasteiger partial charge is 0.383 e. The Bertz CT molecular complexity index is 700. The van der Waals surface area contributed by atoms with Gasteiger partial charge in [0.2, 0.25) is 21.8 Å². The van der Waals surface area contributed by atoms with Crippen LogP contribution in [0.25, 0.3) is 0 Å². The minimum atomic E-state index is -3.49. The van der Waals surface area contributed by atoms with Crippen molar-refractivity contribution < 1.29 is 23.1 Å². The summed E-state index contributed by atoms with van der Waals surface area (Å²) in [6, 6.07) is 8.28. The number of nitrogens with one attached hydrogen (secondary N) is 1. The lowest BCUT2D eigenvalue weighted by atomic mass is 9.98. The smallest absolute Gasteiger partial charge is 0.249 e. The van der Waals surface area contributed by atoms with Gasteiger partial charge in [-0.1, -0.05) is 18.2 Å². The molecule has 4 N–H and O–H groups in total. The highest BCUT2D eigenvalue weighted by atomic mass is 32.2. The highest BCUT2D eigenvalue weighted by molar-refractivity contribution is 7.89. The van der Waals surface area contributed by atoms with Crippen LogP contribution in [-0.2, 0) is 19.6 Å². The van der Waals surface area contributed by atoms with Crippen LogP contribution in [0.4, 0.5) is 0 Å². The summed E-state index contributed by atoms with van der Waals surface area (Å²) in [5.74, 6) is -1.27. The third kappa shape index (κ3) is 5.25. The molecule has 1 fully saturated rings. The van der Waals surface area contributed by atoms with Gasteiger partial charge < -0.3 is 16.2 Å². The highest BCUT2D eigenvalue weighted by Gasteiger charge is 2.29. The van der Waals surface area contributed by atoms with Crippen LogP contribution in [0.5, 0.6) is 0 Å². The fourth-order valence-corrected chi connectivity index (χ4v) is 4.23. The van der Waals surface area contributed by atoms with E-state index in [2.05, 4.69) is 5.32 Å². The summed E-state index contributed by atoms with van der Waals surface area (Å²) >= 11 is 0. The first kappa shape index (κ1) is 19.4. The zero-order valence-electron chi connectivity index (χ0n) is 13.8. The minimum Gasteiger partial charge on any atom is -0.383 e.